The molecule has 1 aromatic heterocycles. The highest BCUT2D eigenvalue weighted by Crippen LogP contribution is 2.54. The summed E-state index contributed by atoms with van der Waals surface area (Å²) in [6.07, 6.45) is 5.89. The molecule has 3 saturated carbocycles. The summed E-state index contributed by atoms with van der Waals surface area (Å²) in [6.45, 7) is 0. The van der Waals surface area contributed by atoms with E-state index in [4.69, 9.17) is 20.8 Å². The maximum absolute atomic E-state index is 13.0. The van der Waals surface area contributed by atoms with E-state index in [1.807, 2.05) is 0 Å². The Bertz CT molecular complexity index is 1120. The van der Waals surface area contributed by atoms with E-state index in [0.29, 0.717) is 34.6 Å². The zero-order chi connectivity index (χ0) is 22.7. The number of hydrogen-bond acceptors (Lipinski definition) is 6. The van der Waals surface area contributed by atoms with Crippen LogP contribution in [0.25, 0.3) is 0 Å². The lowest BCUT2D eigenvalue weighted by Crippen LogP contribution is -2.76. The zero-order valence-electron chi connectivity index (χ0n) is 18.1. The highest BCUT2D eigenvalue weighted by Gasteiger charge is 2.61. The lowest BCUT2D eigenvalue weighted by molar-refractivity contribution is -0.141. The van der Waals surface area contributed by atoms with Crippen molar-refractivity contribution < 1.29 is 23.8 Å². The van der Waals surface area contributed by atoms with Crippen LogP contribution in [0.3, 0.4) is 0 Å². The highest BCUT2D eigenvalue weighted by atomic mass is 35.5. The second-order valence-electron chi connectivity index (χ2n) is 9.81. The molecule has 3 aliphatic carbocycles. The van der Waals surface area contributed by atoms with E-state index in [-0.39, 0.29) is 41.5 Å². The number of aliphatic hydroxyl groups is 1. The molecule has 6 rings (SSSR count). The first-order valence-corrected chi connectivity index (χ1v) is 12.0. The number of oxazole rings is 1. The molecule has 3 unspecified atom stereocenters. The number of ether oxygens (including phenoxy) is 1. The maximum Gasteiger partial charge on any atom is 0.288 e. The Morgan fingerprint density at radius 3 is 2.79 bits per heavy atom. The van der Waals surface area contributed by atoms with Crippen LogP contribution in [0.15, 0.2) is 28.8 Å². The molecular weight excluding hydrogens is 446 g/mol. The lowest BCUT2D eigenvalue weighted by atomic mass is 9.50. The van der Waals surface area contributed by atoms with E-state index in [9.17, 15) is 14.7 Å². The molecule has 0 saturated heterocycles. The van der Waals surface area contributed by atoms with Gasteiger partial charge in [-0.1, -0.05) is 18.0 Å². The van der Waals surface area contributed by atoms with Crippen molar-refractivity contribution in [1.82, 2.24) is 15.6 Å². The maximum atomic E-state index is 13.0. The summed E-state index contributed by atoms with van der Waals surface area (Å²) in [6, 6.07) is 5.01. The van der Waals surface area contributed by atoms with Gasteiger partial charge in [-0.15, -0.1) is 0 Å². The molecule has 5 atom stereocenters. The minimum absolute atomic E-state index is 0.00969. The Labute approximate surface area is 196 Å². The molecule has 174 valence electrons. The van der Waals surface area contributed by atoms with E-state index in [2.05, 4.69) is 15.6 Å². The molecule has 0 spiro atoms. The number of nitrogens with zero attached hydrogens (tertiary/aromatic N) is 1. The van der Waals surface area contributed by atoms with Crippen LogP contribution in [0.2, 0.25) is 5.02 Å². The van der Waals surface area contributed by atoms with E-state index < -0.39 is 12.2 Å². The Morgan fingerprint density at radius 1 is 1.24 bits per heavy atom. The van der Waals surface area contributed by atoms with Gasteiger partial charge >= 0.3 is 0 Å². The normalized spacial score (nSPS) is 32.2. The minimum Gasteiger partial charge on any atom is -0.480 e. The van der Waals surface area contributed by atoms with Crippen molar-refractivity contribution in [3.8, 4) is 5.75 Å². The number of nitrogens with one attached hydrogen (secondary N) is 2. The van der Waals surface area contributed by atoms with Crippen LogP contribution in [0, 0.1) is 5.92 Å². The summed E-state index contributed by atoms with van der Waals surface area (Å²) >= 11 is 6.01. The predicted octanol–water partition coefficient (Wildman–Crippen LogP) is 3.25. The summed E-state index contributed by atoms with van der Waals surface area (Å²) in [4.78, 5) is 29.9. The number of amides is 2. The largest absolute Gasteiger partial charge is 0.480 e. The topological polar surface area (TPSA) is 114 Å². The fourth-order valence-electron chi connectivity index (χ4n) is 5.61. The summed E-state index contributed by atoms with van der Waals surface area (Å²) in [5.74, 6) is 1.43. The molecule has 4 aliphatic rings. The third kappa shape index (κ3) is 3.51. The summed E-state index contributed by atoms with van der Waals surface area (Å²) in [7, 11) is 0. The van der Waals surface area contributed by atoms with Gasteiger partial charge in [0.1, 0.15) is 5.75 Å². The first-order chi connectivity index (χ1) is 15.9. The van der Waals surface area contributed by atoms with Gasteiger partial charge in [0.15, 0.2) is 12.0 Å². The molecule has 0 bridgehead atoms. The number of benzene rings is 1. The van der Waals surface area contributed by atoms with Crippen molar-refractivity contribution in [1.29, 1.82) is 0 Å². The quantitative estimate of drug-likeness (QED) is 0.616. The van der Waals surface area contributed by atoms with Crippen molar-refractivity contribution in [2.45, 2.75) is 74.7 Å². The summed E-state index contributed by atoms with van der Waals surface area (Å²) in [5.41, 5.74) is 0.285. The van der Waals surface area contributed by atoms with E-state index in [1.54, 1.807) is 18.2 Å². The molecule has 2 amide bonds. The minimum atomic E-state index is -0.807. The first-order valence-electron chi connectivity index (χ1n) is 11.6. The van der Waals surface area contributed by atoms with Crippen molar-refractivity contribution in [3.63, 3.8) is 0 Å². The van der Waals surface area contributed by atoms with E-state index in [0.717, 1.165) is 25.7 Å². The van der Waals surface area contributed by atoms with Crippen molar-refractivity contribution in [2.75, 3.05) is 0 Å². The number of hydrogen-bond donors (Lipinski definition) is 3. The third-order valence-corrected chi connectivity index (χ3v) is 8.14. The second-order valence-corrected chi connectivity index (χ2v) is 10.2. The van der Waals surface area contributed by atoms with Gasteiger partial charge in [-0.3, -0.25) is 9.59 Å². The van der Waals surface area contributed by atoms with Crippen LogP contribution in [0.5, 0.6) is 5.75 Å². The fourth-order valence-corrected chi connectivity index (χ4v) is 5.79. The van der Waals surface area contributed by atoms with Crippen LogP contribution in [-0.2, 0) is 4.79 Å². The molecule has 3 N–H and O–H groups in total. The highest BCUT2D eigenvalue weighted by molar-refractivity contribution is 6.30. The van der Waals surface area contributed by atoms with Gasteiger partial charge in [0, 0.05) is 40.4 Å². The molecule has 3 fully saturated rings. The molecule has 1 aliphatic heterocycles. The standard InChI is InChI=1S/C24H26ClN3O5/c25-13-4-5-18-14(8-13)17(29)9-19(32-18)22(31)28-24-7-6-15(24)16(10-24)27-21(30)20-11-26-23(33-20)12-2-1-3-12/h4-5,8,11-12,15-17,19,29H,1-3,6-7,9-10H2,(H,27,30)(H,28,31)/t15?,16?,17-,19-,24?/m1/s1. The van der Waals surface area contributed by atoms with Gasteiger partial charge in [0.25, 0.3) is 11.8 Å². The summed E-state index contributed by atoms with van der Waals surface area (Å²) in [5, 5.41) is 17.2. The lowest BCUT2D eigenvalue weighted by Gasteiger charge is -2.63. The zero-order valence-corrected chi connectivity index (χ0v) is 18.8. The molecule has 8 nitrogen and oxygen atoms in total. The van der Waals surface area contributed by atoms with Gasteiger partial charge in [-0.05, 0) is 50.3 Å². The summed E-state index contributed by atoms with van der Waals surface area (Å²) < 4.78 is 11.5. The van der Waals surface area contributed by atoms with Crippen molar-refractivity contribution >= 4 is 23.4 Å². The number of carbonyl (C=O) groups excluding carboxylic acids is 2. The third-order valence-electron chi connectivity index (χ3n) is 7.90. The van der Waals surface area contributed by atoms with Gasteiger partial charge in [-0.25, -0.2) is 4.98 Å². The Hall–Kier alpha value is -2.58. The number of fused-ring (bicyclic) bond motifs is 2. The number of carbonyl (C=O) groups is 2. The van der Waals surface area contributed by atoms with Crippen LogP contribution < -0.4 is 15.4 Å². The van der Waals surface area contributed by atoms with Gasteiger partial charge in [-0.2, -0.15) is 0 Å². The smallest absolute Gasteiger partial charge is 0.288 e. The Kier molecular flexibility index (Phi) is 4.92. The molecule has 0 radical (unpaired) electrons. The van der Waals surface area contributed by atoms with Gasteiger partial charge < -0.3 is 24.9 Å². The molecule has 2 aromatic rings. The second kappa shape index (κ2) is 7.74. The Morgan fingerprint density at radius 2 is 2.09 bits per heavy atom. The number of aliphatic hydroxyl groups excluding tert-OH is 1. The predicted molar refractivity (Wildman–Crippen MR) is 118 cm³/mol. The van der Waals surface area contributed by atoms with Crippen molar-refractivity contribution in [3.05, 3.63) is 46.6 Å². The van der Waals surface area contributed by atoms with Crippen molar-refractivity contribution in [2.24, 2.45) is 5.92 Å². The SMILES string of the molecule is O=C(NC1CC2(NC(=O)[C@H]3C[C@@H](O)c4cc(Cl)ccc4O3)CCC12)c1cnc(C2CCC2)o1. The van der Waals surface area contributed by atoms with Crippen LogP contribution in [0.1, 0.15) is 79.0 Å². The van der Waals surface area contributed by atoms with Crippen LogP contribution >= 0.6 is 11.6 Å². The molecule has 9 heteroatoms. The van der Waals surface area contributed by atoms with Crippen LogP contribution in [-0.4, -0.2) is 39.6 Å². The van der Waals surface area contributed by atoms with Gasteiger partial charge in [0.05, 0.1) is 12.3 Å². The van der Waals surface area contributed by atoms with E-state index >= 15 is 0 Å². The molecule has 2 heterocycles. The monoisotopic (exact) mass is 471 g/mol. The van der Waals surface area contributed by atoms with E-state index in [1.165, 1.54) is 12.6 Å². The first kappa shape index (κ1) is 21.0. The molecule has 33 heavy (non-hydrogen) atoms. The Balaban J connectivity index is 1.06. The number of aromatic nitrogens is 1. The molecular formula is C24H26ClN3O5. The van der Waals surface area contributed by atoms with Crippen LogP contribution in [0.4, 0.5) is 0 Å². The van der Waals surface area contributed by atoms with Gasteiger partial charge in [0.2, 0.25) is 5.76 Å². The molecule has 1 aromatic carbocycles. The average Bonchev–Trinajstić information content (AvgIpc) is 3.21. The average molecular weight is 472 g/mol. The number of halogens is 1. The number of rotatable bonds is 5. The fraction of sp³-hybridized carbons (Fsp3) is 0.542.